The Hall–Kier alpha value is -3.57. The lowest BCUT2D eigenvalue weighted by molar-refractivity contribution is -0.165. The zero-order valence-electron chi connectivity index (χ0n) is 21.3. The normalized spacial score (nSPS) is 13.9. The molecule has 2 rings (SSSR count). The molecule has 2 atom stereocenters. The predicted molar refractivity (Wildman–Crippen MR) is 134 cm³/mol. The zero-order valence-corrected chi connectivity index (χ0v) is 22.0. The van der Waals surface area contributed by atoms with Crippen LogP contribution in [0.15, 0.2) is 54.6 Å². The summed E-state index contributed by atoms with van der Waals surface area (Å²) < 4.78 is 16.3. The lowest BCUT2D eigenvalue weighted by Gasteiger charge is -2.34. The van der Waals surface area contributed by atoms with Crippen LogP contribution in [-0.2, 0) is 35.8 Å². The molecule has 1 amide bonds. The molecule has 192 valence electrons. The summed E-state index contributed by atoms with van der Waals surface area (Å²) >= 11 is 6.03. The van der Waals surface area contributed by atoms with E-state index in [2.05, 4.69) is 5.32 Å². The zero-order chi connectivity index (χ0) is 27.1. The van der Waals surface area contributed by atoms with Crippen LogP contribution in [0.25, 0.3) is 0 Å². The third-order valence-electron chi connectivity index (χ3n) is 4.75. The average molecular weight is 515 g/mol. The molecule has 1 N–H and O–H groups in total. The molecule has 0 aliphatic heterocycles. The van der Waals surface area contributed by atoms with Crippen molar-refractivity contribution in [2.24, 2.45) is 0 Å². The molecule has 2 aromatic rings. The van der Waals surface area contributed by atoms with Crippen LogP contribution in [0.4, 0.5) is 4.79 Å². The van der Waals surface area contributed by atoms with Gasteiger partial charge in [0, 0.05) is 5.02 Å². The quantitative estimate of drug-likeness (QED) is 0.404. The summed E-state index contributed by atoms with van der Waals surface area (Å²) in [5.41, 5.74) is -3.47. The first-order valence-corrected chi connectivity index (χ1v) is 11.7. The highest BCUT2D eigenvalue weighted by molar-refractivity contribution is 6.30. The standard InChI is InChI=1S/C27H31ClN2O6/c1-25(2,3)35-22(31)21(30-24(33)36-26(4,5)6)27(17-29,19-12-14-20(28)15-13-19)23(32)34-16-18-10-8-7-9-11-18/h7-15,21H,16H2,1-6H3,(H,30,33)/t21-,27-/m0/s1. The summed E-state index contributed by atoms with van der Waals surface area (Å²) in [5.74, 6) is -2.07. The van der Waals surface area contributed by atoms with E-state index in [4.69, 9.17) is 25.8 Å². The van der Waals surface area contributed by atoms with E-state index in [1.807, 2.05) is 12.1 Å². The van der Waals surface area contributed by atoms with Gasteiger partial charge in [0.05, 0.1) is 6.07 Å². The third kappa shape index (κ3) is 7.72. The highest BCUT2D eigenvalue weighted by atomic mass is 35.5. The number of carbonyl (C=O) groups excluding carboxylic acids is 3. The second-order valence-electron chi connectivity index (χ2n) is 10.1. The monoisotopic (exact) mass is 514 g/mol. The Morgan fingerprint density at radius 3 is 1.97 bits per heavy atom. The number of carbonyl (C=O) groups is 3. The van der Waals surface area contributed by atoms with Crippen LogP contribution < -0.4 is 5.32 Å². The van der Waals surface area contributed by atoms with Gasteiger partial charge in [0.2, 0.25) is 5.41 Å². The first-order chi connectivity index (χ1) is 16.7. The van der Waals surface area contributed by atoms with Gasteiger partial charge in [-0.15, -0.1) is 0 Å². The Kier molecular flexibility index (Phi) is 9.11. The maximum absolute atomic E-state index is 13.7. The van der Waals surface area contributed by atoms with Crippen molar-refractivity contribution in [2.45, 2.75) is 70.8 Å². The minimum absolute atomic E-state index is 0.0828. The van der Waals surface area contributed by atoms with Gasteiger partial charge in [-0.05, 0) is 64.8 Å². The van der Waals surface area contributed by atoms with Gasteiger partial charge in [-0.2, -0.15) is 5.26 Å². The first kappa shape index (κ1) is 28.7. The summed E-state index contributed by atoms with van der Waals surface area (Å²) in [6.07, 6.45) is -1.01. The largest absolute Gasteiger partial charge is 0.459 e. The van der Waals surface area contributed by atoms with Crippen molar-refractivity contribution in [2.75, 3.05) is 0 Å². The van der Waals surface area contributed by atoms with Crippen LogP contribution in [0.3, 0.4) is 0 Å². The molecule has 36 heavy (non-hydrogen) atoms. The SMILES string of the molecule is CC(C)(C)OC(=O)N[C@@H](C(=O)OC(C)(C)C)[C@@](C#N)(C(=O)OCc1ccccc1)c1ccc(Cl)cc1. The topological polar surface area (TPSA) is 115 Å². The van der Waals surface area contributed by atoms with Crippen LogP contribution in [0, 0.1) is 11.3 Å². The minimum Gasteiger partial charge on any atom is -0.459 e. The number of nitrogens with zero attached hydrogens (tertiary/aromatic N) is 1. The predicted octanol–water partition coefficient (Wildman–Crippen LogP) is 5.08. The van der Waals surface area contributed by atoms with Gasteiger partial charge in [-0.1, -0.05) is 54.1 Å². The van der Waals surface area contributed by atoms with Gasteiger partial charge in [0.15, 0.2) is 6.04 Å². The number of benzene rings is 2. The van der Waals surface area contributed by atoms with Gasteiger partial charge in [-0.25, -0.2) is 14.4 Å². The van der Waals surface area contributed by atoms with Gasteiger partial charge < -0.3 is 19.5 Å². The fraction of sp³-hybridized carbons (Fsp3) is 0.407. The fourth-order valence-electron chi connectivity index (χ4n) is 3.26. The number of alkyl carbamates (subject to hydrolysis) is 1. The van der Waals surface area contributed by atoms with Crippen molar-refractivity contribution in [1.82, 2.24) is 5.32 Å². The lowest BCUT2D eigenvalue weighted by atomic mass is 9.75. The molecule has 0 aliphatic carbocycles. The van der Waals surface area contributed by atoms with Crippen molar-refractivity contribution >= 4 is 29.6 Å². The van der Waals surface area contributed by atoms with E-state index in [9.17, 15) is 19.6 Å². The van der Waals surface area contributed by atoms with Crippen LogP contribution in [0.1, 0.15) is 52.7 Å². The summed E-state index contributed by atoms with van der Waals surface area (Å²) in [7, 11) is 0. The highest BCUT2D eigenvalue weighted by Crippen LogP contribution is 2.33. The maximum Gasteiger partial charge on any atom is 0.408 e. The molecule has 8 nitrogen and oxygen atoms in total. The Labute approximate surface area is 216 Å². The number of ether oxygens (including phenoxy) is 3. The summed E-state index contributed by atoms with van der Waals surface area (Å²) in [6, 6.07) is 14.7. The number of esters is 2. The Morgan fingerprint density at radius 2 is 1.47 bits per heavy atom. The molecule has 0 bridgehead atoms. The van der Waals surface area contributed by atoms with E-state index < -0.39 is 40.7 Å². The molecule has 0 saturated carbocycles. The Morgan fingerprint density at radius 1 is 0.917 bits per heavy atom. The summed E-state index contributed by atoms with van der Waals surface area (Å²) in [4.78, 5) is 39.8. The van der Waals surface area contributed by atoms with Crippen LogP contribution >= 0.6 is 11.6 Å². The van der Waals surface area contributed by atoms with Gasteiger partial charge in [0.1, 0.15) is 17.8 Å². The molecule has 0 aromatic heterocycles. The molecule has 0 fully saturated rings. The molecule has 0 saturated heterocycles. The van der Waals surface area contributed by atoms with E-state index in [1.54, 1.807) is 65.8 Å². The number of nitrogens with one attached hydrogen (secondary N) is 1. The van der Waals surface area contributed by atoms with E-state index in [-0.39, 0.29) is 12.2 Å². The smallest absolute Gasteiger partial charge is 0.408 e. The van der Waals surface area contributed by atoms with Crippen molar-refractivity contribution in [3.05, 3.63) is 70.7 Å². The van der Waals surface area contributed by atoms with Crippen molar-refractivity contribution in [3.63, 3.8) is 0 Å². The number of hydrogen-bond donors (Lipinski definition) is 1. The third-order valence-corrected chi connectivity index (χ3v) is 5.00. The number of amides is 1. The fourth-order valence-corrected chi connectivity index (χ4v) is 3.38. The Balaban J connectivity index is 2.62. The molecule has 0 unspecified atom stereocenters. The number of hydrogen-bond acceptors (Lipinski definition) is 7. The van der Waals surface area contributed by atoms with Crippen LogP contribution in [0.2, 0.25) is 5.02 Å². The van der Waals surface area contributed by atoms with Gasteiger partial charge >= 0.3 is 18.0 Å². The summed E-state index contributed by atoms with van der Waals surface area (Å²) in [5, 5.41) is 13.2. The van der Waals surface area contributed by atoms with Gasteiger partial charge in [-0.3, -0.25) is 0 Å². The van der Waals surface area contributed by atoms with Crippen LogP contribution in [0.5, 0.6) is 0 Å². The molecule has 0 aliphatic rings. The van der Waals surface area contributed by atoms with Crippen molar-refractivity contribution in [1.29, 1.82) is 5.26 Å². The second-order valence-corrected chi connectivity index (χ2v) is 10.5. The number of nitriles is 1. The molecule has 0 spiro atoms. The maximum atomic E-state index is 13.7. The molecule has 2 aromatic carbocycles. The van der Waals surface area contributed by atoms with Crippen molar-refractivity contribution in [3.8, 4) is 6.07 Å². The van der Waals surface area contributed by atoms with E-state index in [1.165, 1.54) is 24.3 Å². The lowest BCUT2D eigenvalue weighted by Crippen LogP contribution is -2.60. The van der Waals surface area contributed by atoms with Gasteiger partial charge in [0.25, 0.3) is 0 Å². The first-order valence-electron chi connectivity index (χ1n) is 11.3. The average Bonchev–Trinajstić information content (AvgIpc) is 2.77. The van der Waals surface area contributed by atoms with E-state index in [0.717, 1.165) is 0 Å². The molecule has 0 radical (unpaired) electrons. The van der Waals surface area contributed by atoms with E-state index >= 15 is 0 Å². The molecular weight excluding hydrogens is 484 g/mol. The molecule has 0 heterocycles. The minimum atomic E-state index is -2.32. The number of halogens is 1. The highest BCUT2D eigenvalue weighted by Gasteiger charge is 2.55. The second kappa shape index (κ2) is 11.4. The Bertz CT molecular complexity index is 1110. The molecular formula is C27H31ClN2O6. The summed E-state index contributed by atoms with van der Waals surface area (Å²) in [6.45, 7) is 9.63. The van der Waals surface area contributed by atoms with E-state index in [0.29, 0.717) is 10.6 Å². The molecule has 9 heteroatoms. The van der Waals surface area contributed by atoms with Crippen molar-refractivity contribution < 1.29 is 28.6 Å². The number of rotatable bonds is 7. The van der Waals surface area contributed by atoms with Crippen LogP contribution in [-0.4, -0.2) is 35.3 Å².